The van der Waals surface area contributed by atoms with Gasteiger partial charge in [0.2, 0.25) is 0 Å². The summed E-state index contributed by atoms with van der Waals surface area (Å²) in [6, 6.07) is 10.1. The standard InChI is InChI=1S/C19H30N2/c1-19(2,3)20-14-15-9-11-17(12-10-15)21-13-5-7-16-6-4-8-18(16)21/h9-12,16,18,20H,4-8,13-14H2,1-3H3. The molecule has 1 aliphatic carbocycles. The van der Waals surface area contributed by atoms with E-state index < -0.39 is 0 Å². The van der Waals surface area contributed by atoms with Crippen LogP contribution in [0.25, 0.3) is 0 Å². The average Bonchev–Trinajstić information content (AvgIpc) is 2.93. The number of rotatable bonds is 3. The molecular formula is C19H30N2. The summed E-state index contributed by atoms with van der Waals surface area (Å²) >= 11 is 0. The molecule has 2 atom stereocenters. The number of benzene rings is 1. The summed E-state index contributed by atoms with van der Waals surface area (Å²) < 4.78 is 0. The highest BCUT2D eigenvalue weighted by Crippen LogP contribution is 2.39. The van der Waals surface area contributed by atoms with E-state index in [9.17, 15) is 0 Å². The summed E-state index contributed by atoms with van der Waals surface area (Å²) in [6.07, 6.45) is 7.11. The number of anilines is 1. The van der Waals surface area contributed by atoms with Crippen LogP contribution in [-0.4, -0.2) is 18.1 Å². The highest BCUT2D eigenvalue weighted by atomic mass is 15.2. The fourth-order valence-corrected chi connectivity index (χ4v) is 3.95. The smallest absolute Gasteiger partial charge is 0.0369 e. The second-order valence-electron chi connectivity index (χ2n) is 7.86. The van der Waals surface area contributed by atoms with E-state index in [0.717, 1.165) is 18.5 Å². The third-order valence-electron chi connectivity index (χ3n) is 5.08. The van der Waals surface area contributed by atoms with Gasteiger partial charge in [-0.05, 0) is 70.1 Å². The van der Waals surface area contributed by atoms with Gasteiger partial charge in [0.15, 0.2) is 0 Å². The Labute approximate surface area is 129 Å². The van der Waals surface area contributed by atoms with Crippen LogP contribution < -0.4 is 10.2 Å². The van der Waals surface area contributed by atoms with Gasteiger partial charge in [0.05, 0.1) is 0 Å². The molecule has 1 saturated carbocycles. The van der Waals surface area contributed by atoms with Gasteiger partial charge in [-0.25, -0.2) is 0 Å². The first-order valence-corrected chi connectivity index (χ1v) is 8.63. The molecule has 3 rings (SSSR count). The predicted molar refractivity (Wildman–Crippen MR) is 90.7 cm³/mol. The van der Waals surface area contributed by atoms with E-state index in [2.05, 4.69) is 55.3 Å². The maximum Gasteiger partial charge on any atom is 0.0369 e. The van der Waals surface area contributed by atoms with Crippen molar-refractivity contribution in [1.29, 1.82) is 0 Å². The average molecular weight is 286 g/mol. The Morgan fingerprint density at radius 3 is 2.48 bits per heavy atom. The number of hydrogen-bond acceptors (Lipinski definition) is 2. The summed E-state index contributed by atoms with van der Waals surface area (Å²) in [5.41, 5.74) is 3.00. The van der Waals surface area contributed by atoms with Crippen LogP contribution in [0.2, 0.25) is 0 Å². The Hall–Kier alpha value is -1.02. The van der Waals surface area contributed by atoms with Gasteiger partial charge in [0, 0.05) is 30.4 Å². The fraction of sp³-hybridized carbons (Fsp3) is 0.684. The second-order valence-corrected chi connectivity index (χ2v) is 7.86. The molecule has 0 aromatic heterocycles. The van der Waals surface area contributed by atoms with Crippen molar-refractivity contribution in [2.45, 2.75) is 71.0 Å². The Kier molecular flexibility index (Phi) is 4.26. The lowest BCUT2D eigenvalue weighted by Crippen LogP contribution is -2.42. The van der Waals surface area contributed by atoms with Crippen molar-refractivity contribution in [3.05, 3.63) is 29.8 Å². The molecule has 2 aliphatic rings. The van der Waals surface area contributed by atoms with E-state index in [4.69, 9.17) is 0 Å². The molecule has 116 valence electrons. The molecule has 1 aliphatic heterocycles. The van der Waals surface area contributed by atoms with Gasteiger partial charge in [-0.3, -0.25) is 0 Å². The number of nitrogens with one attached hydrogen (secondary N) is 1. The van der Waals surface area contributed by atoms with Crippen LogP contribution in [0.4, 0.5) is 5.69 Å². The Morgan fingerprint density at radius 2 is 1.76 bits per heavy atom. The lowest BCUT2D eigenvalue weighted by Gasteiger charge is -2.39. The summed E-state index contributed by atoms with van der Waals surface area (Å²) in [7, 11) is 0. The van der Waals surface area contributed by atoms with Gasteiger partial charge >= 0.3 is 0 Å². The quantitative estimate of drug-likeness (QED) is 0.889. The maximum atomic E-state index is 3.56. The van der Waals surface area contributed by atoms with Crippen molar-refractivity contribution in [3.63, 3.8) is 0 Å². The first kappa shape index (κ1) is 14.9. The van der Waals surface area contributed by atoms with Gasteiger partial charge in [0.1, 0.15) is 0 Å². The van der Waals surface area contributed by atoms with Crippen molar-refractivity contribution < 1.29 is 0 Å². The molecule has 1 aromatic carbocycles. The number of hydrogen-bond donors (Lipinski definition) is 1. The van der Waals surface area contributed by atoms with E-state index in [1.165, 1.54) is 49.9 Å². The van der Waals surface area contributed by atoms with Gasteiger partial charge in [-0.1, -0.05) is 18.6 Å². The van der Waals surface area contributed by atoms with Crippen molar-refractivity contribution >= 4 is 5.69 Å². The maximum absolute atomic E-state index is 3.56. The van der Waals surface area contributed by atoms with Crippen LogP contribution in [-0.2, 0) is 6.54 Å². The van der Waals surface area contributed by atoms with Crippen molar-refractivity contribution in [1.82, 2.24) is 5.32 Å². The minimum absolute atomic E-state index is 0.183. The molecule has 0 bridgehead atoms. The minimum Gasteiger partial charge on any atom is -0.368 e. The van der Waals surface area contributed by atoms with Gasteiger partial charge < -0.3 is 10.2 Å². The highest BCUT2D eigenvalue weighted by Gasteiger charge is 2.34. The zero-order valence-corrected chi connectivity index (χ0v) is 13.9. The molecule has 2 fully saturated rings. The SMILES string of the molecule is CC(C)(C)NCc1ccc(N2CCCC3CCCC32)cc1. The molecule has 1 aromatic rings. The van der Waals surface area contributed by atoms with Crippen LogP contribution in [0.5, 0.6) is 0 Å². The van der Waals surface area contributed by atoms with Crippen molar-refractivity contribution in [2.75, 3.05) is 11.4 Å². The molecule has 0 radical (unpaired) electrons. The molecule has 1 N–H and O–H groups in total. The monoisotopic (exact) mass is 286 g/mol. The van der Waals surface area contributed by atoms with E-state index in [0.29, 0.717) is 0 Å². The highest BCUT2D eigenvalue weighted by molar-refractivity contribution is 5.49. The lowest BCUT2D eigenvalue weighted by atomic mass is 9.91. The van der Waals surface area contributed by atoms with Crippen LogP contribution in [0, 0.1) is 5.92 Å². The molecule has 0 amide bonds. The lowest BCUT2D eigenvalue weighted by molar-refractivity contribution is 0.362. The zero-order valence-electron chi connectivity index (χ0n) is 13.9. The predicted octanol–water partition coefficient (Wildman–Crippen LogP) is 4.34. The molecular weight excluding hydrogens is 256 g/mol. The fourth-order valence-electron chi connectivity index (χ4n) is 3.95. The van der Waals surface area contributed by atoms with Gasteiger partial charge in [0.25, 0.3) is 0 Å². The van der Waals surface area contributed by atoms with Crippen LogP contribution >= 0.6 is 0 Å². The Bertz CT molecular complexity index is 457. The topological polar surface area (TPSA) is 15.3 Å². The molecule has 2 heteroatoms. The van der Waals surface area contributed by atoms with E-state index in [1.807, 2.05) is 0 Å². The van der Waals surface area contributed by atoms with E-state index in [1.54, 1.807) is 0 Å². The third-order valence-corrected chi connectivity index (χ3v) is 5.08. The summed E-state index contributed by atoms with van der Waals surface area (Å²) in [5, 5.41) is 3.56. The van der Waals surface area contributed by atoms with E-state index in [-0.39, 0.29) is 5.54 Å². The first-order valence-electron chi connectivity index (χ1n) is 8.63. The van der Waals surface area contributed by atoms with Crippen LogP contribution in [0.3, 0.4) is 0 Å². The summed E-state index contributed by atoms with van der Waals surface area (Å²) in [4.78, 5) is 2.68. The Balaban J connectivity index is 1.66. The first-order chi connectivity index (χ1) is 10.0. The molecule has 2 unspecified atom stereocenters. The molecule has 2 nitrogen and oxygen atoms in total. The van der Waals surface area contributed by atoms with Gasteiger partial charge in [-0.15, -0.1) is 0 Å². The number of fused-ring (bicyclic) bond motifs is 1. The number of piperidine rings is 1. The number of nitrogens with zero attached hydrogens (tertiary/aromatic N) is 1. The molecule has 1 saturated heterocycles. The normalized spacial score (nSPS) is 26.0. The van der Waals surface area contributed by atoms with Crippen LogP contribution in [0.15, 0.2) is 24.3 Å². The summed E-state index contributed by atoms with van der Waals surface area (Å²) in [5.74, 6) is 0.959. The molecule has 1 heterocycles. The second kappa shape index (κ2) is 6.00. The third kappa shape index (κ3) is 3.60. The summed E-state index contributed by atoms with van der Waals surface area (Å²) in [6.45, 7) is 8.86. The van der Waals surface area contributed by atoms with Crippen molar-refractivity contribution in [3.8, 4) is 0 Å². The minimum atomic E-state index is 0.183. The molecule has 0 spiro atoms. The van der Waals surface area contributed by atoms with Crippen LogP contribution in [0.1, 0.15) is 58.4 Å². The van der Waals surface area contributed by atoms with E-state index >= 15 is 0 Å². The van der Waals surface area contributed by atoms with Crippen molar-refractivity contribution in [2.24, 2.45) is 5.92 Å². The van der Waals surface area contributed by atoms with Gasteiger partial charge in [-0.2, -0.15) is 0 Å². The molecule has 21 heavy (non-hydrogen) atoms. The zero-order chi connectivity index (χ0) is 14.9. The largest absolute Gasteiger partial charge is 0.368 e. The Morgan fingerprint density at radius 1 is 1.05 bits per heavy atom.